The molecule has 0 aliphatic heterocycles. The summed E-state index contributed by atoms with van der Waals surface area (Å²) in [5.74, 6) is -0.417. The van der Waals surface area contributed by atoms with Gasteiger partial charge in [0.15, 0.2) is 9.84 Å². The molecule has 0 N–H and O–H groups in total. The standard InChI is InChI=1S/C25H26O2S/c1-17-20-15-16-21(24(17)28(26,27)25(2,3)4)23(20)22(18-11-7-5-8-12-18)19-13-9-6-10-14-19/h5-16,20-21H,1-4H3/t20-,21-/m1/s1/i1D. The molecule has 4 rings (SSSR count). The highest BCUT2D eigenvalue weighted by Crippen LogP contribution is 2.54. The summed E-state index contributed by atoms with van der Waals surface area (Å²) in [6.45, 7) is 5.22. The average Bonchev–Trinajstić information content (AvgIpc) is 3.25. The number of sulfone groups is 1. The molecule has 2 aromatic rings. The highest BCUT2D eigenvalue weighted by Gasteiger charge is 2.48. The van der Waals surface area contributed by atoms with E-state index in [4.69, 9.17) is 1.37 Å². The van der Waals surface area contributed by atoms with E-state index in [0.717, 1.165) is 27.8 Å². The minimum atomic E-state index is -3.52. The molecule has 28 heavy (non-hydrogen) atoms. The predicted octanol–water partition coefficient (Wildman–Crippen LogP) is 5.79. The summed E-state index contributed by atoms with van der Waals surface area (Å²) in [4.78, 5) is 0.451. The molecule has 2 bridgehead atoms. The van der Waals surface area contributed by atoms with Crippen LogP contribution in [0.15, 0.2) is 88.9 Å². The molecule has 2 nitrogen and oxygen atoms in total. The summed E-state index contributed by atoms with van der Waals surface area (Å²) in [6, 6.07) is 20.3. The van der Waals surface area contributed by atoms with Crippen molar-refractivity contribution in [2.45, 2.75) is 32.4 Å². The van der Waals surface area contributed by atoms with E-state index in [9.17, 15) is 8.42 Å². The van der Waals surface area contributed by atoms with E-state index >= 15 is 0 Å². The summed E-state index contributed by atoms with van der Waals surface area (Å²) in [5.41, 5.74) is 5.05. The molecule has 0 saturated carbocycles. The quantitative estimate of drug-likeness (QED) is 0.621. The van der Waals surface area contributed by atoms with Crippen molar-refractivity contribution >= 4 is 15.4 Å². The van der Waals surface area contributed by atoms with Crippen molar-refractivity contribution in [2.75, 3.05) is 0 Å². The second-order valence-electron chi connectivity index (χ2n) is 8.41. The van der Waals surface area contributed by atoms with Crippen molar-refractivity contribution in [3.63, 3.8) is 0 Å². The summed E-state index contributed by atoms with van der Waals surface area (Å²) in [5, 5.41) is 0. The van der Waals surface area contributed by atoms with Gasteiger partial charge in [-0.3, -0.25) is 0 Å². The Labute approximate surface area is 169 Å². The van der Waals surface area contributed by atoms with Gasteiger partial charge in [-0.15, -0.1) is 0 Å². The van der Waals surface area contributed by atoms with Crippen LogP contribution < -0.4 is 0 Å². The SMILES string of the molecule is [2H]CC1=C(S(=O)(=O)C(C)(C)C)[C@@H]2C=C[C@H]1C2=C(c1ccccc1)c1ccccc1. The Hall–Kier alpha value is -2.39. The summed E-state index contributed by atoms with van der Waals surface area (Å²) in [6.07, 6.45) is 4.10. The molecular weight excluding hydrogens is 364 g/mol. The summed E-state index contributed by atoms with van der Waals surface area (Å²) in [7, 11) is -3.52. The van der Waals surface area contributed by atoms with E-state index in [0.29, 0.717) is 4.91 Å². The molecule has 0 unspecified atom stereocenters. The van der Waals surface area contributed by atoms with E-state index in [2.05, 4.69) is 30.3 Å². The molecule has 0 heterocycles. The molecule has 0 radical (unpaired) electrons. The Morgan fingerprint density at radius 2 is 1.36 bits per heavy atom. The topological polar surface area (TPSA) is 34.1 Å². The number of rotatable bonds is 3. The van der Waals surface area contributed by atoms with Crippen molar-refractivity contribution in [1.29, 1.82) is 0 Å². The van der Waals surface area contributed by atoms with Crippen molar-refractivity contribution in [3.8, 4) is 0 Å². The van der Waals surface area contributed by atoms with E-state index in [1.165, 1.54) is 0 Å². The Morgan fingerprint density at radius 1 is 0.857 bits per heavy atom. The third kappa shape index (κ3) is 2.80. The molecule has 2 aromatic carbocycles. The highest BCUT2D eigenvalue weighted by atomic mass is 32.2. The smallest absolute Gasteiger partial charge is 0.180 e. The Bertz CT molecular complexity index is 1080. The summed E-state index contributed by atoms with van der Waals surface area (Å²) >= 11 is 0. The minimum Gasteiger partial charge on any atom is -0.223 e. The Morgan fingerprint density at radius 3 is 1.82 bits per heavy atom. The monoisotopic (exact) mass is 391 g/mol. The molecule has 144 valence electrons. The highest BCUT2D eigenvalue weighted by molar-refractivity contribution is 7.96. The van der Waals surface area contributed by atoms with Gasteiger partial charge in [0.25, 0.3) is 0 Å². The fourth-order valence-corrected chi connectivity index (χ4v) is 5.87. The van der Waals surface area contributed by atoms with Gasteiger partial charge in [0.2, 0.25) is 0 Å². The summed E-state index contributed by atoms with van der Waals surface area (Å²) < 4.78 is 34.1. The van der Waals surface area contributed by atoms with Gasteiger partial charge in [-0.1, -0.05) is 72.8 Å². The number of benzene rings is 2. The number of hydrogen-bond acceptors (Lipinski definition) is 2. The maximum atomic E-state index is 13.5. The van der Waals surface area contributed by atoms with Crippen LogP contribution in [0.3, 0.4) is 0 Å². The van der Waals surface area contributed by atoms with Crippen LogP contribution in [0.1, 0.15) is 40.2 Å². The molecule has 0 amide bonds. The van der Waals surface area contributed by atoms with Crippen molar-refractivity contribution in [2.24, 2.45) is 11.8 Å². The fraction of sp³-hybridized carbons (Fsp3) is 0.280. The van der Waals surface area contributed by atoms with Gasteiger partial charge < -0.3 is 0 Å². The lowest BCUT2D eigenvalue weighted by atomic mass is 9.86. The van der Waals surface area contributed by atoms with Crippen LogP contribution in [0, 0.1) is 11.8 Å². The molecule has 0 saturated heterocycles. The lowest BCUT2D eigenvalue weighted by Gasteiger charge is -2.24. The maximum Gasteiger partial charge on any atom is 0.180 e. The molecule has 0 aromatic heterocycles. The predicted molar refractivity (Wildman–Crippen MR) is 116 cm³/mol. The van der Waals surface area contributed by atoms with Crippen LogP contribution in [0.5, 0.6) is 0 Å². The first kappa shape index (κ1) is 17.7. The molecule has 2 atom stereocenters. The van der Waals surface area contributed by atoms with Crippen LogP contribution in [0.2, 0.25) is 0 Å². The second kappa shape index (κ2) is 6.59. The molecule has 2 aliphatic carbocycles. The Kier molecular flexibility index (Phi) is 4.17. The van der Waals surface area contributed by atoms with Crippen LogP contribution in [-0.2, 0) is 9.84 Å². The van der Waals surface area contributed by atoms with Gasteiger partial charge >= 0.3 is 0 Å². The largest absolute Gasteiger partial charge is 0.223 e. The van der Waals surface area contributed by atoms with Crippen LogP contribution in [0.25, 0.3) is 5.57 Å². The van der Waals surface area contributed by atoms with Crippen molar-refractivity contribution in [3.05, 3.63) is 100.0 Å². The molecular formula is C25H26O2S. The first-order chi connectivity index (χ1) is 13.8. The van der Waals surface area contributed by atoms with Gasteiger partial charge in [-0.05, 0) is 55.5 Å². The zero-order valence-corrected chi connectivity index (χ0v) is 17.3. The molecule has 0 spiro atoms. The number of fused-ring (bicyclic) bond motifs is 2. The fourth-order valence-electron chi connectivity index (χ4n) is 4.20. The van der Waals surface area contributed by atoms with E-state index < -0.39 is 14.6 Å². The molecule has 3 heteroatoms. The van der Waals surface area contributed by atoms with Crippen LogP contribution in [-0.4, -0.2) is 13.2 Å². The first-order valence-electron chi connectivity index (χ1n) is 10.3. The van der Waals surface area contributed by atoms with Gasteiger partial charge in [-0.25, -0.2) is 8.42 Å². The van der Waals surface area contributed by atoms with E-state index in [-0.39, 0.29) is 18.7 Å². The second-order valence-corrected chi connectivity index (χ2v) is 11.1. The Balaban J connectivity index is 1.99. The third-order valence-corrected chi connectivity index (χ3v) is 8.36. The zero-order chi connectivity index (χ0) is 20.8. The van der Waals surface area contributed by atoms with E-state index in [1.54, 1.807) is 20.8 Å². The zero-order valence-electron chi connectivity index (χ0n) is 17.5. The van der Waals surface area contributed by atoms with Crippen LogP contribution in [0.4, 0.5) is 0 Å². The van der Waals surface area contributed by atoms with Crippen LogP contribution >= 0.6 is 0 Å². The lowest BCUT2D eigenvalue weighted by Crippen LogP contribution is -2.31. The first-order valence-corrected chi connectivity index (χ1v) is 11.1. The van der Waals surface area contributed by atoms with Crippen molar-refractivity contribution in [1.82, 2.24) is 0 Å². The number of allylic oxidation sites excluding steroid dienone is 5. The average molecular weight is 392 g/mol. The number of hydrogen-bond donors (Lipinski definition) is 0. The normalized spacial score (nSPS) is 22.0. The van der Waals surface area contributed by atoms with Crippen molar-refractivity contribution < 1.29 is 9.79 Å². The minimum absolute atomic E-state index is 0.00346. The van der Waals surface area contributed by atoms with Gasteiger partial charge in [-0.2, -0.15) is 0 Å². The maximum absolute atomic E-state index is 13.5. The van der Waals surface area contributed by atoms with Gasteiger partial charge in [0.05, 0.1) is 9.65 Å². The van der Waals surface area contributed by atoms with E-state index in [1.807, 2.05) is 42.5 Å². The molecule has 0 fully saturated rings. The lowest BCUT2D eigenvalue weighted by molar-refractivity contribution is 0.564. The molecule has 2 aliphatic rings. The van der Waals surface area contributed by atoms with Gasteiger partial charge in [0, 0.05) is 13.2 Å². The third-order valence-electron chi connectivity index (χ3n) is 5.65. The van der Waals surface area contributed by atoms with Gasteiger partial charge in [0.1, 0.15) is 0 Å².